The van der Waals surface area contributed by atoms with Crippen LogP contribution in [0, 0.1) is 5.92 Å². The van der Waals surface area contributed by atoms with E-state index in [4.69, 9.17) is 0 Å². The van der Waals surface area contributed by atoms with E-state index in [9.17, 15) is 14.7 Å². The summed E-state index contributed by atoms with van der Waals surface area (Å²) in [5, 5.41) is 15.0. The number of hydrogen-bond donors (Lipinski definition) is 2. The van der Waals surface area contributed by atoms with Crippen LogP contribution in [-0.4, -0.2) is 41.5 Å². The summed E-state index contributed by atoms with van der Waals surface area (Å²) >= 11 is 0. The molecular formula is C35H38N2O3. The lowest BCUT2D eigenvalue weighted by atomic mass is 9.83. The van der Waals surface area contributed by atoms with Crippen molar-refractivity contribution in [3.05, 3.63) is 113 Å². The summed E-state index contributed by atoms with van der Waals surface area (Å²) in [6.45, 7) is 6.71. The van der Waals surface area contributed by atoms with Gasteiger partial charge in [-0.1, -0.05) is 92.7 Å². The quantitative estimate of drug-likeness (QED) is 0.233. The molecule has 0 bridgehead atoms. The fraction of sp³-hybridized carbons (Fsp3) is 0.314. The van der Waals surface area contributed by atoms with Crippen LogP contribution in [0.5, 0.6) is 0 Å². The minimum absolute atomic E-state index is 0.00382. The number of nitrogens with zero attached hydrogens (tertiary/aromatic N) is 1. The van der Waals surface area contributed by atoms with Gasteiger partial charge in [0.05, 0.1) is 5.56 Å². The van der Waals surface area contributed by atoms with E-state index in [1.807, 2.05) is 74.5 Å². The van der Waals surface area contributed by atoms with Crippen molar-refractivity contribution in [3.8, 4) is 0 Å². The molecule has 2 N–H and O–H groups in total. The van der Waals surface area contributed by atoms with E-state index in [-0.39, 0.29) is 17.7 Å². The topological polar surface area (TPSA) is 69.6 Å². The van der Waals surface area contributed by atoms with E-state index in [0.29, 0.717) is 11.5 Å². The van der Waals surface area contributed by atoms with Gasteiger partial charge < -0.3 is 15.3 Å². The number of carbonyl (C=O) groups is 2. The minimum Gasteiger partial charge on any atom is -0.478 e. The van der Waals surface area contributed by atoms with E-state index in [1.165, 1.54) is 5.56 Å². The number of benzene rings is 4. The smallest absolute Gasteiger partial charge is 0.336 e. The SMILES string of the molecule is CC(C)C(=O)Nc1cccc(C2CCN(CC[C@@H](c3ccccc3)c3ccc4ccccc4c3C(=O)O)CC2)c1. The highest BCUT2D eigenvalue weighted by Crippen LogP contribution is 2.36. The molecule has 40 heavy (non-hydrogen) atoms. The molecule has 5 nitrogen and oxygen atoms in total. The normalized spacial score (nSPS) is 15.3. The third kappa shape index (κ3) is 6.26. The Morgan fingerprint density at radius 1 is 0.900 bits per heavy atom. The summed E-state index contributed by atoms with van der Waals surface area (Å²) < 4.78 is 0. The van der Waals surface area contributed by atoms with Crippen molar-refractivity contribution >= 4 is 28.3 Å². The molecule has 4 aromatic carbocycles. The summed E-state index contributed by atoms with van der Waals surface area (Å²) in [6, 6.07) is 30.4. The van der Waals surface area contributed by atoms with Gasteiger partial charge in [-0.3, -0.25) is 4.79 Å². The van der Waals surface area contributed by atoms with Crippen LogP contribution in [0.1, 0.15) is 72.0 Å². The van der Waals surface area contributed by atoms with Crippen LogP contribution in [0.2, 0.25) is 0 Å². The first-order valence-corrected chi connectivity index (χ1v) is 14.3. The predicted octanol–water partition coefficient (Wildman–Crippen LogP) is 7.53. The van der Waals surface area contributed by atoms with Crippen LogP contribution >= 0.6 is 0 Å². The number of likely N-dealkylation sites (tertiary alicyclic amines) is 1. The molecule has 1 aliphatic heterocycles. The Bertz CT molecular complexity index is 1470. The number of fused-ring (bicyclic) bond motifs is 1. The Morgan fingerprint density at radius 2 is 1.62 bits per heavy atom. The summed E-state index contributed by atoms with van der Waals surface area (Å²) in [5.41, 5.74) is 4.60. The molecule has 1 saturated heterocycles. The van der Waals surface area contributed by atoms with E-state index in [1.54, 1.807) is 0 Å². The van der Waals surface area contributed by atoms with Gasteiger partial charge in [-0.15, -0.1) is 0 Å². The lowest BCUT2D eigenvalue weighted by Gasteiger charge is -2.33. The average molecular weight is 535 g/mol. The summed E-state index contributed by atoms with van der Waals surface area (Å²) in [5.74, 6) is -0.419. The number of hydrogen-bond acceptors (Lipinski definition) is 3. The second-order valence-corrected chi connectivity index (χ2v) is 11.2. The average Bonchev–Trinajstić information content (AvgIpc) is 2.98. The molecule has 0 radical (unpaired) electrons. The van der Waals surface area contributed by atoms with Crippen molar-refractivity contribution < 1.29 is 14.7 Å². The molecule has 206 valence electrons. The zero-order valence-electron chi connectivity index (χ0n) is 23.3. The van der Waals surface area contributed by atoms with Gasteiger partial charge in [-0.25, -0.2) is 4.79 Å². The van der Waals surface area contributed by atoms with Crippen molar-refractivity contribution in [2.24, 2.45) is 5.92 Å². The molecule has 1 amide bonds. The highest BCUT2D eigenvalue weighted by atomic mass is 16.4. The number of anilines is 1. The van der Waals surface area contributed by atoms with Crippen molar-refractivity contribution in [2.45, 2.75) is 44.9 Å². The first-order valence-electron chi connectivity index (χ1n) is 14.3. The van der Waals surface area contributed by atoms with Crippen LogP contribution in [0.3, 0.4) is 0 Å². The van der Waals surface area contributed by atoms with Crippen LogP contribution < -0.4 is 5.32 Å². The first-order chi connectivity index (χ1) is 19.4. The zero-order valence-corrected chi connectivity index (χ0v) is 23.3. The Balaban J connectivity index is 1.30. The standard InChI is InChI=1S/C35H38N2O3/c1-24(2)34(38)36-29-13-8-12-28(23-29)25-17-20-37(21-18-25)22-19-30(26-9-4-3-5-10-26)32-16-15-27-11-6-7-14-31(27)33(32)35(39)40/h3-16,23-25,30H,17-22H2,1-2H3,(H,36,38)(H,39,40)/t30-/m0/s1. The van der Waals surface area contributed by atoms with Gasteiger partial charge in [-0.05, 0) is 84.4 Å². The molecule has 1 aliphatic rings. The Kier molecular flexibility index (Phi) is 8.61. The van der Waals surface area contributed by atoms with Gasteiger partial charge in [-0.2, -0.15) is 0 Å². The molecular weight excluding hydrogens is 496 g/mol. The van der Waals surface area contributed by atoms with Gasteiger partial charge in [0.25, 0.3) is 0 Å². The number of rotatable bonds is 9. The fourth-order valence-electron chi connectivity index (χ4n) is 5.96. The van der Waals surface area contributed by atoms with Crippen LogP contribution in [0.25, 0.3) is 10.8 Å². The summed E-state index contributed by atoms with van der Waals surface area (Å²) in [6.07, 6.45) is 2.98. The van der Waals surface area contributed by atoms with Gasteiger partial charge >= 0.3 is 5.97 Å². The van der Waals surface area contributed by atoms with Crippen molar-refractivity contribution in [1.29, 1.82) is 0 Å². The lowest BCUT2D eigenvalue weighted by Crippen LogP contribution is -2.34. The molecule has 1 heterocycles. The van der Waals surface area contributed by atoms with Crippen LogP contribution in [0.4, 0.5) is 5.69 Å². The molecule has 0 spiro atoms. The molecule has 1 atom stereocenters. The fourth-order valence-corrected chi connectivity index (χ4v) is 5.96. The zero-order chi connectivity index (χ0) is 28.1. The Morgan fingerprint density at radius 3 is 2.35 bits per heavy atom. The number of aromatic carboxylic acids is 1. The maximum absolute atomic E-state index is 12.5. The van der Waals surface area contributed by atoms with Gasteiger partial charge in [0, 0.05) is 17.5 Å². The lowest BCUT2D eigenvalue weighted by molar-refractivity contribution is -0.118. The monoisotopic (exact) mass is 534 g/mol. The second kappa shape index (κ2) is 12.5. The molecule has 5 rings (SSSR count). The number of piperidine rings is 1. The van der Waals surface area contributed by atoms with Gasteiger partial charge in [0.2, 0.25) is 5.91 Å². The predicted molar refractivity (Wildman–Crippen MR) is 162 cm³/mol. The van der Waals surface area contributed by atoms with Gasteiger partial charge in [0.1, 0.15) is 0 Å². The molecule has 5 heteroatoms. The van der Waals surface area contributed by atoms with E-state index in [2.05, 4.69) is 40.5 Å². The molecule has 0 aliphatic carbocycles. The number of carboxylic acids is 1. The molecule has 1 fully saturated rings. The highest BCUT2D eigenvalue weighted by molar-refractivity contribution is 6.05. The van der Waals surface area contributed by atoms with Crippen molar-refractivity contribution in [2.75, 3.05) is 25.0 Å². The number of carbonyl (C=O) groups excluding carboxylic acids is 1. The van der Waals surface area contributed by atoms with E-state index in [0.717, 1.165) is 66.5 Å². The van der Waals surface area contributed by atoms with Gasteiger partial charge in [0.15, 0.2) is 0 Å². The molecule has 0 unspecified atom stereocenters. The molecule has 0 saturated carbocycles. The second-order valence-electron chi connectivity index (χ2n) is 11.2. The van der Waals surface area contributed by atoms with Crippen LogP contribution in [0.15, 0.2) is 91.0 Å². The first kappa shape index (κ1) is 27.6. The number of nitrogens with one attached hydrogen (secondary N) is 1. The Labute approximate surface area is 236 Å². The molecule has 0 aromatic heterocycles. The summed E-state index contributed by atoms with van der Waals surface area (Å²) in [4.78, 5) is 27.2. The number of amides is 1. The summed E-state index contributed by atoms with van der Waals surface area (Å²) in [7, 11) is 0. The third-order valence-corrected chi connectivity index (χ3v) is 8.22. The van der Waals surface area contributed by atoms with Crippen molar-refractivity contribution in [1.82, 2.24) is 4.90 Å². The van der Waals surface area contributed by atoms with E-state index >= 15 is 0 Å². The van der Waals surface area contributed by atoms with E-state index < -0.39 is 5.97 Å². The maximum atomic E-state index is 12.5. The maximum Gasteiger partial charge on any atom is 0.336 e. The third-order valence-electron chi connectivity index (χ3n) is 8.22. The highest BCUT2D eigenvalue weighted by Gasteiger charge is 2.26. The number of carboxylic acid groups (broad SMARTS) is 1. The minimum atomic E-state index is -0.875. The largest absolute Gasteiger partial charge is 0.478 e. The Hall–Kier alpha value is -3.96. The molecule has 4 aromatic rings. The van der Waals surface area contributed by atoms with Crippen molar-refractivity contribution in [3.63, 3.8) is 0 Å². The van der Waals surface area contributed by atoms with Crippen LogP contribution in [-0.2, 0) is 4.79 Å².